The Labute approximate surface area is 209 Å². The summed E-state index contributed by atoms with van der Waals surface area (Å²) in [6, 6.07) is 5.39. The number of hydrogen-bond acceptors (Lipinski definition) is 6. The number of carbonyl (C=O) groups excluding carboxylic acids is 2. The van der Waals surface area contributed by atoms with E-state index in [1.54, 1.807) is 27.2 Å². The Morgan fingerprint density at radius 2 is 1.86 bits per heavy atom. The lowest BCUT2D eigenvalue weighted by Gasteiger charge is -2.22. The largest absolute Gasteiger partial charge is 0.353 e. The topological polar surface area (TPSA) is 110 Å². The molecule has 0 bridgehead atoms. The third-order valence-electron chi connectivity index (χ3n) is 6.10. The van der Waals surface area contributed by atoms with E-state index >= 15 is 0 Å². The van der Waals surface area contributed by atoms with Crippen molar-refractivity contribution in [2.75, 3.05) is 5.75 Å². The van der Waals surface area contributed by atoms with Crippen LogP contribution >= 0.6 is 11.8 Å². The fraction of sp³-hybridized carbons (Fsp3) is 0.560. The molecule has 35 heavy (non-hydrogen) atoms. The van der Waals surface area contributed by atoms with Crippen molar-refractivity contribution >= 4 is 40.3 Å². The van der Waals surface area contributed by atoms with Crippen LogP contribution in [0.25, 0.3) is 16.7 Å². The van der Waals surface area contributed by atoms with Crippen LogP contribution < -0.4 is 16.2 Å². The summed E-state index contributed by atoms with van der Waals surface area (Å²) in [5.74, 6) is 0.559. The Kier molecular flexibility index (Phi) is 7.78. The average molecular weight is 499 g/mol. The predicted molar refractivity (Wildman–Crippen MR) is 138 cm³/mol. The Morgan fingerprint density at radius 3 is 2.54 bits per heavy atom. The van der Waals surface area contributed by atoms with Crippen molar-refractivity contribution < 1.29 is 9.59 Å². The number of carbonyl (C=O) groups is 2. The highest BCUT2D eigenvalue weighted by molar-refractivity contribution is 7.99. The highest BCUT2D eigenvalue weighted by atomic mass is 32.2. The quantitative estimate of drug-likeness (QED) is 0.461. The molecule has 0 unspecified atom stereocenters. The van der Waals surface area contributed by atoms with Gasteiger partial charge in [-0.05, 0) is 50.8 Å². The third kappa shape index (κ3) is 5.69. The number of hydrogen-bond donors (Lipinski definition) is 2. The molecule has 1 saturated carbocycles. The molecular formula is C25H34N6O3S. The number of thioether (sulfide) groups is 1. The number of fused-ring (bicyclic) bond motifs is 3. The van der Waals surface area contributed by atoms with E-state index in [1.165, 1.54) is 18.2 Å². The van der Waals surface area contributed by atoms with E-state index in [-0.39, 0.29) is 41.1 Å². The van der Waals surface area contributed by atoms with Crippen molar-refractivity contribution in [2.45, 2.75) is 83.6 Å². The van der Waals surface area contributed by atoms with Crippen molar-refractivity contribution in [1.29, 1.82) is 0 Å². The molecule has 188 valence electrons. The van der Waals surface area contributed by atoms with Gasteiger partial charge in [-0.1, -0.05) is 44.9 Å². The van der Waals surface area contributed by atoms with Crippen LogP contribution in [0, 0.1) is 5.92 Å². The summed E-state index contributed by atoms with van der Waals surface area (Å²) < 4.78 is 3.42. The van der Waals surface area contributed by atoms with Crippen LogP contribution in [-0.2, 0) is 11.3 Å². The van der Waals surface area contributed by atoms with Crippen LogP contribution in [0.5, 0.6) is 0 Å². The van der Waals surface area contributed by atoms with Crippen LogP contribution in [0.2, 0.25) is 0 Å². The molecule has 2 N–H and O–H groups in total. The van der Waals surface area contributed by atoms with E-state index in [0.717, 1.165) is 25.7 Å². The highest BCUT2D eigenvalue weighted by Crippen LogP contribution is 2.24. The van der Waals surface area contributed by atoms with Gasteiger partial charge in [-0.15, -0.1) is 10.2 Å². The molecule has 4 rings (SSSR count). The zero-order chi connectivity index (χ0) is 25.1. The van der Waals surface area contributed by atoms with Crippen molar-refractivity contribution in [3.05, 3.63) is 34.1 Å². The fourth-order valence-corrected chi connectivity index (χ4v) is 5.31. The number of aromatic nitrogens is 4. The first-order valence-electron chi connectivity index (χ1n) is 12.4. The summed E-state index contributed by atoms with van der Waals surface area (Å²) in [6.07, 6.45) is 5.46. The van der Waals surface area contributed by atoms with E-state index in [0.29, 0.717) is 33.9 Å². The molecular weight excluding hydrogens is 464 g/mol. The molecule has 2 amide bonds. The molecule has 2 aromatic heterocycles. The molecule has 0 spiro atoms. The Bertz CT molecular complexity index is 1290. The molecule has 0 saturated heterocycles. The monoisotopic (exact) mass is 498 g/mol. The summed E-state index contributed by atoms with van der Waals surface area (Å²) in [5, 5.41) is 15.6. The van der Waals surface area contributed by atoms with Gasteiger partial charge in [0.05, 0.1) is 16.7 Å². The zero-order valence-corrected chi connectivity index (χ0v) is 21.7. The Hall–Kier alpha value is -2.88. The molecule has 0 aliphatic heterocycles. The number of nitrogens with zero attached hydrogens (tertiary/aromatic N) is 4. The zero-order valence-electron chi connectivity index (χ0n) is 20.8. The predicted octanol–water partition coefficient (Wildman–Crippen LogP) is 3.38. The van der Waals surface area contributed by atoms with Gasteiger partial charge in [0, 0.05) is 24.2 Å². The van der Waals surface area contributed by atoms with Gasteiger partial charge < -0.3 is 10.6 Å². The molecule has 2 heterocycles. The number of amides is 2. The maximum atomic E-state index is 13.4. The Balaban J connectivity index is 1.77. The fourth-order valence-electron chi connectivity index (χ4n) is 4.56. The van der Waals surface area contributed by atoms with E-state index in [4.69, 9.17) is 0 Å². The number of rotatable bonds is 8. The first-order chi connectivity index (χ1) is 16.7. The standard InChI is InChI=1S/C25H34N6O3S/c1-15(2)13-30-23(34)19-11-10-17(22(33)27-18-8-6-5-7-9-18)12-20(19)31-24(30)28-29-25(31)35-14-21(32)26-16(3)4/h10-12,15-16,18H,5-9,13-14H2,1-4H3,(H,26,32)(H,27,33). The average Bonchev–Trinajstić information content (AvgIpc) is 3.24. The molecule has 0 atom stereocenters. The van der Waals surface area contributed by atoms with Crippen LogP contribution in [0.3, 0.4) is 0 Å². The van der Waals surface area contributed by atoms with Crippen molar-refractivity contribution in [3.8, 4) is 0 Å². The minimum atomic E-state index is -0.165. The van der Waals surface area contributed by atoms with E-state index in [2.05, 4.69) is 20.8 Å². The maximum absolute atomic E-state index is 13.4. The molecule has 10 heteroatoms. The minimum absolute atomic E-state index is 0.0422. The second-order valence-corrected chi connectivity index (χ2v) is 10.9. The lowest BCUT2D eigenvalue weighted by Crippen LogP contribution is -2.36. The van der Waals surface area contributed by atoms with Crippen LogP contribution in [0.1, 0.15) is 70.2 Å². The second-order valence-electron chi connectivity index (χ2n) is 9.98. The normalized spacial score (nSPS) is 14.8. The van der Waals surface area contributed by atoms with E-state index in [9.17, 15) is 14.4 Å². The van der Waals surface area contributed by atoms with E-state index in [1.807, 2.05) is 27.7 Å². The second kappa shape index (κ2) is 10.8. The van der Waals surface area contributed by atoms with Gasteiger partial charge in [0.25, 0.3) is 11.5 Å². The van der Waals surface area contributed by atoms with Crippen molar-refractivity contribution in [2.24, 2.45) is 5.92 Å². The van der Waals surface area contributed by atoms with Gasteiger partial charge in [0.1, 0.15) is 0 Å². The lowest BCUT2D eigenvalue weighted by atomic mass is 9.95. The molecule has 1 aliphatic carbocycles. The van der Waals surface area contributed by atoms with Gasteiger partial charge in [0.2, 0.25) is 11.7 Å². The van der Waals surface area contributed by atoms with Crippen LogP contribution in [0.4, 0.5) is 0 Å². The van der Waals surface area contributed by atoms with E-state index < -0.39 is 0 Å². The molecule has 3 aromatic rings. The van der Waals surface area contributed by atoms with Gasteiger partial charge in [-0.2, -0.15) is 0 Å². The minimum Gasteiger partial charge on any atom is -0.353 e. The lowest BCUT2D eigenvalue weighted by molar-refractivity contribution is -0.119. The summed E-state index contributed by atoms with van der Waals surface area (Å²) in [5.41, 5.74) is 0.896. The first kappa shape index (κ1) is 25.2. The first-order valence-corrected chi connectivity index (χ1v) is 13.4. The Morgan fingerprint density at radius 1 is 1.11 bits per heavy atom. The summed E-state index contributed by atoms with van der Waals surface area (Å²) in [6.45, 7) is 8.38. The summed E-state index contributed by atoms with van der Waals surface area (Å²) >= 11 is 1.26. The third-order valence-corrected chi connectivity index (χ3v) is 7.03. The summed E-state index contributed by atoms with van der Waals surface area (Å²) in [7, 11) is 0. The van der Waals surface area contributed by atoms with Crippen molar-refractivity contribution in [1.82, 2.24) is 29.8 Å². The molecule has 1 aliphatic rings. The molecule has 9 nitrogen and oxygen atoms in total. The maximum Gasteiger partial charge on any atom is 0.262 e. The smallest absolute Gasteiger partial charge is 0.262 e. The van der Waals surface area contributed by atoms with Gasteiger partial charge >= 0.3 is 0 Å². The van der Waals surface area contributed by atoms with Crippen LogP contribution in [0.15, 0.2) is 28.2 Å². The summed E-state index contributed by atoms with van der Waals surface area (Å²) in [4.78, 5) is 38.7. The highest BCUT2D eigenvalue weighted by Gasteiger charge is 2.21. The van der Waals surface area contributed by atoms with Gasteiger partial charge in [0.15, 0.2) is 5.16 Å². The molecule has 1 fully saturated rings. The van der Waals surface area contributed by atoms with Crippen molar-refractivity contribution in [3.63, 3.8) is 0 Å². The molecule has 1 aromatic carbocycles. The number of benzene rings is 1. The van der Waals surface area contributed by atoms with Crippen LogP contribution in [-0.4, -0.2) is 48.8 Å². The molecule has 0 radical (unpaired) electrons. The SMILES string of the molecule is CC(C)Cn1c(=O)c2ccc(C(=O)NC3CCCCC3)cc2n2c(SCC(=O)NC(C)C)nnc12. The number of nitrogens with one attached hydrogen (secondary N) is 2. The van der Waals surface area contributed by atoms with Gasteiger partial charge in [-0.3, -0.25) is 23.4 Å². The van der Waals surface area contributed by atoms with Gasteiger partial charge in [-0.25, -0.2) is 0 Å².